The van der Waals surface area contributed by atoms with Crippen LogP contribution in [0.25, 0.3) is 10.2 Å². The Morgan fingerprint density at radius 2 is 1.88 bits per heavy atom. The number of fused-ring (bicyclic) bond motifs is 1. The van der Waals surface area contributed by atoms with Crippen molar-refractivity contribution in [3.8, 4) is 0 Å². The van der Waals surface area contributed by atoms with Crippen LogP contribution in [-0.4, -0.2) is 36.1 Å². The van der Waals surface area contributed by atoms with Crippen LogP contribution in [0.3, 0.4) is 0 Å². The van der Waals surface area contributed by atoms with Crippen molar-refractivity contribution in [2.45, 2.75) is 6.92 Å². The zero-order chi connectivity index (χ0) is 19.3. The van der Waals surface area contributed by atoms with Crippen molar-refractivity contribution in [3.05, 3.63) is 52.9 Å². The third-order valence-corrected chi connectivity index (χ3v) is 4.89. The number of hydrogen-bond donors (Lipinski definition) is 2. The Balaban J connectivity index is 0.000000352. The van der Waals surface area contributed by atoms with Gasteiger partial charge in [0.1, 0.15) is 0 Å². The predicted molar refractivity (Wildman–Crippen MR) is 103 cm³/mol. The zero-order valence-electron chi connectivity index (χ0n) is 14.4. The van der Waals surface area contributed by atoms with Gasteiger partial charge in [-0.1, -0.05) is 23.5 Å². The number of nitrogens with zero attached hydrogens (tertiary/aromatic N) is 3. The van der Waals surface area contributed by atoms with Gasteiger partial charge in [-0.05, 0) is 42.9 Å². The maximum Gasteiger partial charge on any atom is 0.397 e. The molecule has 1 aromatic heterocycles. The summed E-state index contributed by atoms with van der Waals surface area (Å²) in [5, 5.41) is 16.2. The zero-order valence-corrected chi connectivity index (χ0v) is 16.0. The molecule has 0 saturated heterocycles. The molecule has 0 unspecified atom stereocenters. The molecule has 1 heterocycles. The second kappa shape index (κ2) is 8.32. The summed E-state index contributed by atoms with van der Waals surface area (Å²) in [6, 6.07) is 8.20. The van der Waals surface area contributed by atoms with Gasteiger partial charge in [0.25, 0.3) is 0 Å². The van der Waals surface area contributed by atoms with Gasteiger partial charge in [-0.15, -0.1) is 10.2 Å². The van der Waals surface area contributed by atoms with Gasteiger partial charge in [0.2, 0.25) is 4.80 Å². The lowest BCUT2D eigenvalue weighted by atomic mass is 10.0. The van der Waals surface area contributed by atoms with Crippen LogP contribution in [0.15, 0.2) is 58.3 Å². The van der Waals surface area contributed by atoms with Crippen LogP contribution in [0.4, 0.5) is 0 Å². The third-order valence-electron chi connectivity index (χ3n) is 3.37. The highest BCUT2D eigenvalue weighted by molar-refractivity contribution is 7.80. The Morgan fingerprint density at radius 3 is 2.46 bits per heavy atom. The Hall–Kier alpha value is -2.40. The second-order valence-corrected chi connectivity index (χ2v) is 7.40. The van der Waals surface area contributed by atoms with E-state index in [0.29, 0.717) is 5.71 Å². The summed E-state index contributed by atoms with van der Waals surface area (Å²) in [6.07, 6.45) is 5.35. The first-order valence-electron chi connectivity index (χ1n) is 7.36. The fraction of sp³-hybridized carbons (Fsp3) is 0.188. The predicted octanol–water partition coefficient (Wildman–Crippen LogP) is 2.47. The molecule has 3 rings (SSSR count). The van der Waals surface area contributed by atoms with Crippen molar-refractivity contribution in [2.75, 3.05) is 7.11 Å². The summed E-state index contributed by atoms with van der Waals surface area (Å²) in [5.41, 5.74) is 3.42. The normalized spacial score (nSPS) is 16.6. The third kappa shape index (κ3) is 5.30. The maximum absolute atomic E-state index is 9.33. The van der Waals surface area contributed by atoms with E-state index in [2.05, 4.69) is 26.5 Å². The van der Waals surface area contributed by atoms with E-state index in [1.165, 1.54) is 4.70 Å². The van der Waals surface area contributed by atoms with Crippen LogP contribution in [-0.2, 0) is 21.6 Å². The highest BCUT2D eigenvalue weighted by Crippen LogP contribution is 2.15. The first-order valence-corrected chi connectivity index (χ1v) is 9.54. The molecule has 138 valence electrons. The van der Waals surface area contributed by atoms with Gasteiger partial charge >= 0.3 is 10.4 Å². The van der Waals surface area contributed by atoms with Gasteiger partial charge in [0.05, 0.1) is 28.7 Å². The SMILES string of the molecule is CC1=CC(=N)C=CC1=NN=c1sc2ccccc2n1C.COS(=O)(=O)O. The molecule has 0 atom stereocenters. The molecule has 2 aromatic rings. The summed E-state index contributed by atoms with van der Waals surface area (Å²) in [4.78, 5) is 0.862. The summed E-state index contributed by atoms with van der Waals surface area (Å²) in [7, 11) is -1.30. The molecule has 0 aliphatic heterocycles. The van der Waals surface area contributed by atoms with Crippen molar-refractivity contribution in [1.29, 1.82) is 5.41 Å². The monoisotopic (exact) mass is 394 g/mol. The standard InChI is InChI=1S/C15H14N4S.CH4O4S/c1-10-9-11(16)7-8-12(10)17-18-15-19(2)13-5-3-4-6-14(13)20-15;1-5-6(2,3)4/h3-9,16H,1-2H3;1H3,(H,2,3,4). The molecule has 26 heavy (non-hydrogen) atoms. The highest BCUT2D eigenvalue weighted by Gasteiger charge is 2.05. The smallest absolute Gasteiger partial charge is 0.318 e. The van der Waals surface area contributed by atoms with E-state index in [0.717, 1.165) is 28.7 Å². The van der Waals surface area contributed by atoms with E-state index in [-0.39, 0.29) is 0 Å². The molecule has 1 aromatic carbocycles. The molecule has 0 amide bonds. The number of rotatable bonds is 2. The molecule has 0 saturated carbocycles. The lowest BCUT2D eigenvalue weighted by molar-refractivity contribution is 0.324. The number of thiazole rings is 1. The van der Waals surface area contributed by atoms with Crippen molar-refractivity contribution in [2.24, 2.45) is 17.3 Å². The largest absolute Gasteiger partial charge is 0.397 e. The number of benzene rings is 1. The van der Waals surface area contributed by atoms with Crippen molar-refractivity contribution in [3.63, 3.8) is 0 Å². The fourth-order valence-electron chi connectivity index (χ4n) is 2.04. The number of aryl methyl sites for hydroxylation is 1. The Kier molecular flexibility index (Phi) is 6.37. The average Bonchev–Trinajstić information content (AvgIpc) is 2.91. The van der Waals surface area contributed by atoms with E-state index in [1.807, 2.05) is 36.7 Å². The summed E-state index contributed by atoms with van der Waals surface area (Å²) in [5.74, 6) is 0. The van der Waals surface area contributed by atoms with Crippen LogP contribution in [0, 0.1) is 5.41 Å². The molecular weight excluding hydrogens is 376 g/mol. The lowest BCUT2D eigenvalue weighted by Gasteiger charge is -2.04. The van der Waals surface area contributed by atoms with Crippen molar-refractivity contribution in [1.82, 2.24) is 4.57 Å². The van der Waals surface area contributed by atoms with E-state index in [4.69, 9.17) is 9.96 Å². The molecule has 10 heteroatoms. The molecule has 0 radical (unpaired) electrons. The minimum atomic E-state index is -4.16. The van der Waals surface area contributed by atoms with E-state index >= 15 is 0 Å². The van der Waals surface area contributed by atoms with Crippen molar-refractivity contribution >= 4 is 43.4 Å². The van der Waals surface area contributed by atoms with Gasteiger partial charge in [-0.3, -0.25) is 8.74 Å². The molecule has 8 nitrogen and oxygen atoms in total. The van der Waals surface area contributed by atoms with E-state index < -0.39 is 10.4 Å². The summed E-state index contributed by atoms with van der Waals surface area (Å²) in [6.45, 7) is 1.94. The molecule has 0 fully saturated rings. The fourth-order valence-corrected chi connectivity index (χ4v) is 3.01. The van der Waals surface area contributed by atoms with Crippen LogP contribution < -0.4 is 4.80 Å². The number of allylic oxidation sites excluding steroid dienone is 4. The van der Waals surface area contributed by atoms with Gasteiger partial charge in [-0.25, -0.2) is 0 Å². The van der Waals surface area contributed by atoms with E-state index in [1.54, 1.807) is 23.5 Å². The topological polar surface area (TPSA) is 117 Å². The van der Waals surface area contributed by atoms with Crippen LogP contribution in [0.5, 0.6) is 0 Å². The first kappa shape index (κ1) is 19.9. The minimum Gasteiger partial charge on any atom is -0.318 e. The highest BCUT2D eigenvalue weighted by atomic mass is 32.3. The molecule has 0 spiro atoms. The molecular formula is C16H18N4O4S2. The van der Waals surface area contributed by atoms with Crippen molar-refractivity contribution < 1.29 is 17.2 Å². The summed E-state index contributed by atoms with van der Waals surface area (Å²) < 4.78 is 32.9. The number of aromatic nitrogens is 1. The maximum atomic E-state index is 9.33. The van der Waals surface area contributed by atoms with Gasteiger partial charge in [0, 0.05) is 7.05 Å². The molecule has 1 aliphatic rings. The van der Waals surface area contributed by atoms with Gasteiger partial charge in [0.15, 0.2) is 0 Å². The van der Waals surface area contributed by atoms with Crippen LogP contribution >= 0.6 is 11.3 Å². The minimum absolute atomic E-state index is 0.494. The number of nitrogens with one attached hydrogen (secondary N) is 1. The lowest BCUT2D eigenvalue weighted by Crippen LogP contribution is -2.10. The quantitative estimate of drug-likeness (QED) is 0.462. The first-order chi connectivity index (χ1) is 12.2. The van der Waals surface area contributed by atoms with Gasteiger partial charge in [-0.2, -0.15) is 8.42 Å². The molecule has 2 N–H and O–H groups in total. The van der Waals surface area contributed by atoms with E-state index in [9.17, 15) is 8.42 Å². The van der Waals surface area contributed by atoms with Crippen LogP contribution in [0.1, 0.15) is 6.92 Å². The Labute approximate surface area is 154 Å². The Morgan fingerprint density at radius 1 is 1.23 bits per heavy atom. The van der Waals surface area contributed by atoms with Gasteiger partial charge < -0.3 is 9.98 Å². The molecule has 1 aliphatic carbocycles. The second-order valence-electron chi connectivity index (χ2n) is 5.21. The Bertz CT molecular complexity index is 1090. The average molecular weight is 394 g/mol. The number of hydrogen-bond acceptors (Lipinski definition) is 7. The molecule has 0 bridgehead atoms. The number of para-hydroxylation sites is 1. The summed E-state index contributed by atoms with van der Waals surface area (Å²) >= 11 is 1.62. The van der Waals surface area contributed by atoms with Crippen LogP contribution in [0.2, 0.25) is 0 Å².